The highest BCUT2D eigenvalue weighted by Gasteiger charge is 2.23. The van der Waals surface area contributed by atoms with E-state index in [-0.39, 0.29) is 12.1 Å². The molecule has 27 heavy (non-hydrogen) atoms. The van der Waals surface area contributed by atoms with E-state index in [9.17, 15) is 18.7 Å². The van der Waals surface area contributed by atoms with Crippen molar-refractivity contribution in [1.82, 2.24) is 10.6 Å². The Morgan fingerprint density at radius 1 is 1.15 bits per heavy atom. The van der Waals surface area contributed by atoms with Gasteiger partial charge in [-0.05, 0) is 42.2 Å². The summed E-state index contributed by atoms with van der Waals surface area (Å²) in [7, 11) is 0. The zero-order valence-corrected chi connectivity index (χ0v) is 14.9. The molecule has 0 aromatic heterocycles. The van der Waals surface area contributed by atoms with Gasteiger partial charge in [0, 0.05) is 31.9 Å². The molecule has 1 heterocycles. The van der Waals surface area contributed by atoms with Gasteiger partial charge in [-0.1, -0.05) is 24.3 Å². The molecule has 2 amide bonds. The van der Waals surface area contributed by atoms with Gasteiger partial charge in [0.1, 0.15) is 0 Å². The monoisotopic (exact) mass is 375 g/mol. The summed E-state index contributed by atoms with van der Waals surface area (Å²) in [6.45, 7) is 2.28. The number of amides is 2. The average molecular weight is 375 g/mol. The van der Waals surface area contributed by atoms with Gasteiger partial charge < -0.3 is 20.6 Å². The highest BCUT2D eigenvalue weighted by Crippen LogP contribution is 2.23. The second-order valence-corrected chi connectivity index (χ2v) is 6.72. The van der Waals surface area contributed by atoms with E-state index < -0.39 is 23.8 Å². The van der Waals surface area contributed by atoms with Gasteiger partial charge >= 0.3 is 6.03 Å². The van der Waals surface area contributed by atoms with E-state index in [1.54, 1.807) is 0 Å². The Kier molecular flexibility index (Phi) is 6.24. The van der Waals surface area contributed by atoms with Gasteiger partial charge in [-0.3, -0.25) is 0 Å². The Hall–Kier alpha value is -2.67. The summed E-state index contributed by atoms with van der Waals surface area (Å²) in [5, 5.41) is 15.3. The van der Waals surface area contributed by atoms with Crippen LogP contribution in [0.5, 0.6) is 0 Å². The van der Waals surface area contributed by atoms with Crippen LogP contribution >= 0.6 is 0 Å². The molecule has 0 aliphatic carbocycles. The van der Waals surface area contributed by atoms with Crippen molar-refractivity contribution in [2.75, 3.05) is 31.1 Å². The van der Waals surface area contributed by atoms with Gasteiger partial charge in [-0.2, -0.15) is 0 Å². The van der Waals surface area contributed by atoms with Crippen molar-refractivity contribution in [2.24, 2.45) is 5.92 Å². The molecule has 2 aromatic carbocycles. The van der Waals surface area contributed by atoms with Gasteiger partial charge in [0.2, 0.25) is 0 Å². The fraction of sp³-hybridized carbons (Fsp3) is 0.350. The van der Waals surface area contributed by atoms with Crippen LogP contribution in [0.1, 0.15) is 18.1 Å². The number of aliphatic hydroxyl groups is 1. The smallest absolute Gasteiger partial charge is 0.314 e. The summed E-state index contributed by atoms with van der Waals surface area (Å²) < 4.78 is 26.1. The highest BCUT2D eigenvalue weighted by atomic mass is 19.2. The van der Waals surface area contributed by atoms with E-state index in [1.807, 2.05) is 18.2 Å². The molecule has 0 unspecified atom stereocenters. The summed E-state index contributed by atoms with van der Waals surface area (Å²) in [5.41, 5.74) is 1.39. The lowest BCUT2D eigenvalue weighted by molar-refractivity contribution is 0.172. The minimum Gasteiger partial charge on any atom is -0.387 e. The molecule has 0 spiro atoms. The van der Waals surface area contributed by atoms with E-state index in [2.05, 4.69) is 27.7 Å². The molecule has 1 aliphatic heterocycles. The Bertz CT molecular complexity index is 773. The van der Waals surface area contributed by atoms with Crippen LogP contribution in [0.3, 0.4) is 0 Å². The van der Waals surface area contributed by atoms with Gasteiger partial charge in [0.05, 0.1) is 6.10 Å². The van der Waals surface area contributed by atoms with Crippen LogP contribution in [0.2, 0.25) is 0 Å². The number of hydrogen-bond acceptors (Lipinski definition) is 3. The maximum Gasteiger partial charge on any atom is 0.314 e. The first-order valence-corrected chi connectivity index (χ1v) is 8.97. The third-order valence-corrected chi connectivity index (χ3v) is 4.74. The minimum absolute atomic E-state index is 0.0856. The van der Waals surface area contributed by atoms with Crippen LogP contribution in [-0.4, -0.2) is 37.3 Å². The summed E-state index contributed by atoms with van der Waals surface area (Å²) in [4.78, 5) is 14.2. The molecule has 5 nitrogen and oxygen atoms in total. The van der Waals surface area contributed by atoms with Crippen molar-refractivity contribution in [3.8, 4) is 0 Å². The number of carbonyl (C=O) groups excluding carboxylic acids is 1. The molecule has 2 atom stereocenters. The van der Waals surface area contributed by atoms with Crippen LogP contribution in [0.25, 0.3) is 0 Å². The first-order chi connectivity index (χ1) is 13.0. The molecule has 0 radical (unpaired) electrons. The third-order valence-electron chi connectivity index (χ3n) is 4.74. The van der Waals surface area contributed by atoms with Crippen molar-refractivity contribution in [3.63, 3.8) is 0 Å². The molecule has 7 heteroatoms. The maximum absolute atomic E-state index is 13.2. The molecule has 2 aromatic rings. The zero-order chi connectivity index (χ0) is 19.2. The number of anilines is 1. The number of para-hydroxylation sites is 1. The Balaban J connectivity index is 1.39. The number of rotatable bonds is 6. The fourth-order valence-electron chi connectivity index (χ4n) is 3.20. The third kappa shape index (κ3) is 5.17. The normalized spacial score (nSPS) is 17.6. The topological polar surface area (TPSA) is 64.6 Å². The number of carbonyl (C=O) groups is 1. The summed E-state index contributed by atoms with van der Waals surface area (Å²) >= 11 is 0. The minimum atomic E-state index is -1.11. The number of aliphatic hydroxyl groups excluding tert-OH is 1. The molecule has 0 bridgehead atoms. The number of benzene rings is 2. The molecule has 3 rings (SSSR count). The summed E-state index contributed by atoms with van der Waals surface area (Å²) in [5.74, 6) is -1.65. The van der Waals surface area contributed by atoms with Crippen molar-refractivity contribution < 1.29 is 18.7 Å². The Labute approximate surface area is 157 Å². The van der Waals surface area contributed by atoms with Crippen LogP contribution in [0.15, 0.2) is 48.5 Å². The maximum atomic E-state index is 13.2. The lowest BCUT2D eigenvalue weighted by atomic mass is 10.1. The molecule has 144 valence electrons. The van der Waals surface area contributed by atoms with Crippen molar-refractivity contribution >= 4 is 11.7 Å². The fourth-order valence-corrected chi connectivity index (χ4v) is 3.20. The number of hydrogen-bond donors (Lipinski definition) is 3. The lowest BCUT2D eigenvalue weighted by Gasteiger charge is -2.19. The van der Waals surface area contributed by atoms with Crippen LogP contribution in [0, 0.1) is 17.6 Å². The first-order valence-electron chi connectivity index (χ1n) is 8.97. The molecule has 1 saturated heterocycles. The van der Waals surface area contributed by atoms with Crippen LogP contribution < -0.4 is 15.5 Å². The van der Waals surface area contributed by atoms with Gasteiger partial charge in [0.15, 0.2) is 11.6 Å². The summed E-state index contributed by atoms with van der Waals surface area (Å²) in [6.07, 6.45) is -0.113. The average Bonchev–Trinajstić information content (AvgIpc) is 3.16. The first kappa shape index (κ1) is 19.1. The predicted molar refractivity (Wildman–Crippen MR) is 99.5 cm³/mol. The second kappa shape index (κ2) is 8.81. The molecule has 0 saturated carbocycles. The quantitative estimate of drug-likeness (QED) is 0.728. The van der Waals surface area contributed by atoms with Crippen LogP contribution in [0.4, 0.5) is 19.3 Å². The van der Waals surface area contributed by atoms with Gasteiger partial charge in [-0.25, -0.2) is 13.6 Å². The van der Waals surface area contributed by atoms with Gasteiger partial charge in [-0.15, -0.1) is 0 Å². The second-order valence-electron chi connectivity index (χ2n) is 6.72. The number of nitrogens with zero attached hydrogens (tertiary/aromatic N) is 1. The van der Waals surface area contributed by atoms with Gasteiger partial charge in [0.25, 0.3) is 0 Å². The van der Waals surface area contributed by atoms with E-state index in [0.29, 0.717) is 12.5 Å². The lowest BCUT2D eigenvalue weighted by Crippen LogP contribution is -2.40. The number of halogens is 2. The zero-order valence-electron chi connectivity index (χ0n) is 14.9. The molecule has 3 N–H and O–H groups in total. The van der Waals surface area contributed by atoms with E-state index in [0.717, 1.165) is 31.6 Å². The number of nitrogens with one attached hydrogen (secondary N) is 2. The molecular formula is C20H23F2N3O2. The summed E-state index contributed by atoms with van der Waals surface area (Å²) in [6, 6.07) is 12.9. The predicted octanol–water partition coefficient (Wildman–Crippen LogP) is 2.82. The van der Waals surface area contributed by atoms with Crippen LogP contribution in [-0.2, 0) is 0 Å². The van der Waals surface area contributed by atoms with E-state index in [1.165, 1.54) is 11.8 Å². The number of urea groups is 1. The standard InChI is InChI=1S/C20H23F2N3O2/c21-17-7-6-15(10-18(17)22)19(26)12-24-20(27)23-11-14-8-9-25(13-14)16-4-2-1-3-5-16/h1-7,10,14,19,26H,8-9,11-13H2,(H2,23,24,27)/t14-,19-/m0/s1. The molecular weight excluding hydrogens is 352 g/mol. The Morgan fingerprint density at radius 3 is 2.67 bits per heavy atom. The van der Waals surface area contributed by atoms with Crippen molar-refractivity contribution in [3.05, 3.63) is 65.7 Å². The SMILES string of the molecule is O=C(NC[C@@H]1CCN(c2ccccc2)C1)NC[C@H](O)c1ccc(F)c(F)c1. The van der Waals surface area contributed by atoms with E-state index in [4.69, 9.17) is 0 Å². The highest BCUT2D eigenvalue weighted by molar-refractivity contribution is 5.73. The van der Waals surface area contributed by atoms with Crippen molar-refractivity contribution in [2.45, 2.75) is 12.5 Å². The molecule has 1 aliphatic rings. The largest absolute Gasteiger partial charge is 0.387 e. The van der Waals surface area contributed by atoms with E-state index >= 15 is 0 Å². The Morgan fingerprint density at radius 2 is 1.93 bits per heavy atom. The van der Waals surface area contributed by atoms with Crippen molar-refractivity contribution in [1.29, 1.82) is 0 Å². The molecule has 1 fully saturated rings.